The molecular weight excluding hydrogens is 444 g/mol. The molecule has 0 saturated carbocycles. The summed E-state index contributed by atoms with van der Waals surface area (Å²) in [5.74, 6) is 2.23. The molecule has 7 heteroatoms. The molecule has 4 aromatic rings. The van der Waals surface area contributed by atoms with Gasteiger partial charge in [-0.15, -0.1) is 10.2 Å². The Morgan fingerprint density at radius 1 is 0.941 bits per heavy atom. The number of para-hydroxylation sites is 1. The third-order valence-electron chi connectivity index (χ3n) is 5.48. The molecule has 0 aliphatic heterocycles. The number of ether oxygens (including phenoxy) is 1. The van der Waals surface area contributed by atoms with Crippen LogP contribution in [0.5, 0.6) is 5.75 Å². The Labute approximate surface area is 204 Å². The van der Waals surface area contributed by atoms with Crippen LogP contribution in [0.1, 0.15) is 21.5 Å². The lowest BCUT2D eigenvalue weighted by atomic mass is 10.1. The van der Waals surface area contributed by atoms with Gasteiger partial charge in [-0.3, -0.25) is 4.79 Å². The Bertz CT molecular complexity index is 1250. The summed E-state index contributed by atoms with van der Waals surface area (Å²) >= 11 is 1.62. The van der Waals surface area contributed by atoms with Gasteiger partial charge in [-0.25, -0.2) is 0 Å². The lowest BCUT2D eigenvalue weighted by Gasteiger charge is -2.13. The zero-order valence-corrected chi connectivity index (χ0v) is 20.5. The molecule has 0 aliphatic rings. The van der Waals surface area contributed by atoms with Crippen molar-refractivity contribution in [3.8, 4) is 17.1 Å². The summed E-state index contributed by atoms with van der Waals surface area (Å²) in [4.78, 5) is 13.9. The first-order chi connectivity index (χ1) is 16.6. The molecule has 0 unspecified atom stereocenters. The normalized spacial score (nSPS) is 10.8. The van der Waals surface area contributed by atoms with Gasteiger partial charge < -0.3 is 14.2 Å². The van der Waals surface area contributed by atoms with Crippen molar-refractivity contribution in [3.05, 3.63) is 95.6 Å². The quantitative estimate of drug-likeness (QED) is 0.314. The summed E-state index contributed by atoms with van der Waals surface area (Å²) in [6, 6.07) is 26.0. The minimum atomic E-state index is -0.00339. The van der Waals surface area contributed by atoms with Crippen molar-refractivity contribution in [2.45, 2.75) is 23.9 Å². The molecule has 174 valence electrons. The number of rotatable bonds is 9. The minimum absolute atomic E-state index is 0.00339. The lowest BCUT2D eigenvalue weighted by Crippen LogP contribution is -2.21. The molecule has 0 spiro atoms. The van der Waals surface area contributed by atoms with E-state index >= 15 is 0 Å². The molecule has 0 aliphatic carbocycles. The van der Waals surface area contributed by atoms with Crippen LogP contribution in [0, 0.1) is 0 Å². The number of hydrogen-bond donors (Lipinski definition) is 0. The van der Waals surface area contributed by atoms with Crippen LogP contribution in [0.25, 0.3) is 11.4 Å². The van der Waals surface area contributed by atoms with E-state index in [0.29, 0.717) is 11.3 Å². The number of carbonyl (C=O) groups is 1. The molecule has 4 rings (SSSR count). The number of benzene rings is 3. The topological polar surface area (TPSA) is 60.3 Å². The van der Waals surface area contributed by atoms with E-state index < -0.39 is 0 Å². The third kappa shape index (κ3) is 5.48. The van der Waals surface area contributed by atoms with Crippen LogP contribution in [0.4, 0.5) is 0 Å². The van der Waals surface area contributed by atoms with E-state index in [9.17, 15) is 4.79 Å². The lowest BCUT2D eigenvalue weighted by molar-refractivity contribution is 0.0827. The van der Waals surface area contributed by atoms with Gasteiger partial charge in [0, 0.05) is 32.0 Å². The van der Waals surface area contributed by atoms with Gasteiger partial charge in [-0.1, -0.05) is 66.4 Å². The molecule has 0 N–H and O–H groups in total. The van der Waals surface area contributed by atoms with E-state index in [-0.39, 0.29) is 5.91 Å². The number of methoxy groups -OCH3 is 1. The Kier molecular flexibility index (Phi) is 7.65. The van der Waals surface area contributed by atoms with Crippen molar-refractivity contribution in [2.75, 3.05) is 21.2 Å². The SMILES string of the molecule is COc1ccccc1-c1nnc(SCc2cccc(C(=O)N(C)C)c2)n1CCc1ccccc1. The molecule has 1 aromatic heterocycles. The average Bonchev–Trinajstić information content (AvgIpc) is 3.28. The molecule has 1 heterocycles. The summed E-state index contributed by atoms with van der Waals surface area (Å²) in [7, 11) is 5.19. The fourth-order valence-electron chi connectivity index (χ4n) is 3.71. The van der Waals surface area contributed by atoms with Crippen LogP contribution in [0.15, 0.2) is 84.0 Å². The Morgan fingerprint density at radius 3 is 2.44 bits per heavy atom. The maximum absolute atomic E-state index is 12.3. The van der Waals surface area contributed by atoms with Crippen LogP contribution in [0.2, 0.25) is 0 Å². The summed E-state index contributed by atoms with van der Waals surface area (Å²) in [5, 5.41) is 9.90. The van der Waals surface area contributed by atoms with Crippen LogP contribution in [-0.4, -0.2) is 46.8 Å². The first-order valence-corrected chi connectivity index (χ1v) is 12.1. The molecule has 0 radical (unpaired) electrons. The van der Waals surface area contributed by atoms with Crippen LogP contribution >= 0.6 is 11.8 Å². The summed E-state index contributed by atoms with van der Waals surface area (Å²) in [5.41, 5.74) is 3.92. The van der Waals surface area contributed by atoms with Gasteiger partial charge in [0.05, 0.1) is 12.7 Å². The van der Waals surface area contributed by atoms with E-state index in [1.165, 1.54) is 5.56 Å². The fraction of sp³-hybridized carbons (Fsp3) is 0.222. The van der Waals surface area contributed by atoms with E-state index in [1.54, 1.807) is 37.9 Å². The Morgan fingerprint density at radius 2 is 1.68 bits per heavy atom. The average molecular weight is 473 g/mol. The highest BCUT2D eigenvalue weighted by Gasteiger charge is 2.18. The number of hydrogen-bond acceptors (Lipinski definition) is 5. The second kappa shape index (κ2) is 11.0. The van der Waals surface area contributed by atoms with Gasteiger partial charge >= 0.3 is 0 Å². The van der Waals surface area contributed by atoms with Gasteiger partial charge in [0.15, 0.2) is 11.0 Å². The summed E-state index contributed by atoms with van der Waals surface area (Å²) in [6.07, 6.45) is 0.863. The monoisotopic (exact) mass is 472 g/mol. The van der Waals surface area contributed by atoms with Gasteiger partial charge in [0.1, 0.15) is 5.75 Å². The van der Waals surface area contributed by atoms with Crippen molar-refractivity contribution in [3.63, 3.8) is 0 Å². The molecule has 34 heavy (non-hydrogen) atoms. The minimum Gasteiger partial charge on any atom is -0.496 e. The highest BCUT2D eigenvalue weighted by atomic mass is 32.2. The van der Waals surface area contributed by atoms with Crippen LogP contribution in [-0.2, 0) is 18.7 Å². The van der Waals surface area contributed by atoms with Crippen molar-refractivity contribution in [2.24, 2.45) is 0 Å². The Balaban J connectivity index is 1.61. The fourth-order valence-corrected chi connectivity index (χ4v) is 4.62. The van der Waals surface area contributed by atoms with Crippen molar-refractivity contribution < 1.29 is 9.53 Å². The number of nitrogens with zero attached hydrogens (tertiary/aromatic N) is 4. The zero-order chi connectivity index (χ0) is 23.9. The second-order valence-electron chi connectivity index (χ2n) is 8.08. The number of aromatic nitrogens is 3. The van der Waals surface area contributed by atoms with E-state index in [4.69, 9.17) is 4.74 Å². The van der Waals surface area contributed by atoms with E-state index in [1.807, 2.05) is 54.6 Å². The first kappa shape index (κ1) is 23.6. The molecule has 0 saturated heterocycles. The predicted octanol–water partition coefficient (Wildman–Crippen LogP) is 5.19. The Hall–Kier alpha value is -3.58. The van der Waals surface area contributed by atoms with Crippen molar-refractivity contribution in [1.82, 2.24) is 19.7 Å². The van der Waals surface area contributed by atoms with Crippen molar-refractivity contribution >= 4 is 17.7 Å². The molecule has 6 nitrogen and oxygen atoms in total. The van der Waals surface area contributed by atoms with Gasteiger partial charge in [-0.05, 0) is 41.8 Å². The smallest absolute Gasteiger partial charge is 0.253 e. The molecule has 0 bridgehead atoms. The van der Waals surface area contributed by atoms with E-state index in [2.05, 4.69) is 39.0 Å². The summed E-state index contributed by atoms with van der Waals surface area (Å²) in [6.45, 7) is 0.742. The highest BCUT2D eigenvalue weighted by Crippen LogP contribution is 2.32. The molecular formula is C27H28N4O2S. The maximum atomic E-state index is 12.3. The number of amides is 1. The van der Waals surface area contributed by atoms with Gasteiger partial charge in [0.2, 0.25) is 0 Å². The first-order valence-electron chi connectivity index (χ1n) is 11.1. The number of aryl methyl sites for hydroxylation is 1. The third-order valence-corrected chi connectivity index (χ3v) is 6.52. The van der Waals surface area contributed by atoms with Crippen LogP contribution < -0.4 is 4.74 Å². The standard InChI is InChI=1S/C27H28N4O2S/c1-30(2)26(32)22-13-9-12-21(18-22)19-34-27-29-28-25(23-14-7-8-15-24(23)33-3)31(27)17-16-20-10-5-4-6-11-20/h4-15,18H,16-17,19H2,1-3H3. The molecule has 1 amide bonds. The molecule has 0 fully saturated rings. The van der Waals surface area contributed by atoms with Gasteiger partial charge in [0.25, 0.3) is 5.91 Å². The largest absolute Gasteiger partial charge is 0.496 e. The molecule has 0 atom stereocenters. The second-order valence-corrected chi connectivity index (χ2v) is 9.02. The van der Waals surface area contributed by atoms with Crippen LogP contribution in [0.3, 0.4) is 0 Å². The number of thioether (sulfide) groups is 1. The maximum Gasteiger partial charge on any atom is 0.253 e. The van der Waals surface area contributed by atoms with Crippen molar-refractivity contribution in [1.29, 1.82) is 0 Å². The number of carbonyl (C=O) groups excluding carboxylic acids is 1. The summed E-state index contributed by atoms with van der Waals surface area (Å²) < 4.78 is 7.74. The highest BCUT2D eigenvalue weighted by molar-refractivity contribution is 7.98. The van der Waals surface area contributed by atoms with Gasteiger partial charge in [-0.2, -0.15) is 0 Å². The zero-order valence-electron chi connectivity index (χ0n) is 19.6. The predicted molar refractivity (Wildman–Crippen MR) is 136 cm³/mol. The molecule has 3 aromatic carbocycles. The van der Waals surface area contributed by atoms with E-state index in [0.717, 1.165) is 40.8 Å².